The molecule has 2 unspecified atom stereocenters. The Kier molecular flexibility index (Phi) is 7.28. The molecule has 3 amide bonds. The molecule has 4 fully saturated rings. The van der Waals surface area contributed by atoms with E-state index in [1.54, 1.807) is 11.9 Å². The highest BCUT2D eigenvalue weighted by atomic mass is 16.5. The summed E-state index contributed by atoms with van der Waals surface area (Å²) in [6, 6.07) is -1.35. The monoisotopic (exact) mass is 466 g/mol. The Morgan fingerprint density at radius 2 is 1.97 bits per heavy atom. The zero-order chi connectivity index (χ0) is 23.8. The van der Waals surface area contributed by atoms with Crippen LogP contribution >= 0.6 is 0 Å². The highest BCUT2D eigenvalue weighted by molar-refractivity contribution is 5.99. The van der Waals surface area contributed by atoms with E-state index in [2.05, 4.69) is 15.5 Å². The van der Waals surface area contributed by atoms with Gasteiger partial charge in [0.15, 0.2) is 0 Å². The van der Waals surface area contributed by atoms with E-state index >= 15 is 0 Å². The smallest absolute Gasteiger partial charge is 0.245 e. The van der Waals surface area contributed by atoms with Crippen molar-refractivity contribution in [3.63, 3.8) is 0 Å². The third kappa shape index (κ3) is 4.26. The molecule has 1 spiro atoms. The van der Waals surface area contributed by atoms with Crippen LogP contribution in [0, 0.1) is 17.8 Å². The van der Waals surface area contributed by atoms with E-state index in [1.807, 2.05) is 13.8 Å². The Morgan fingerprint density at radius 1 is 1.24 bits per heavy atom. The molecular formula is C23H38N4O6. The van der Waals surface area contributed by atoms with Crippen molar-refractivity contribution >= 4 is 17.7 Å². The molecule has 4 aliphatic rings. The van der Waals surface area contributed by atoms with Gasteiger partial charge in [0.25, 0.3) is 0 Å². The molecule has 0 aromatic carbocycles. The third-order valence-electron chi connectivity index (χ3n) is 7.71. The zero-order valence-corrected chi connectivity index (χ0v) is 19.9. The Labute approximate surface area is 195 Å². The summed E-state index contributed by atoms with van der Waals surface area (Å²) in [5.41, 5.74) is -1.02. The molecule has 10 heteroatoms. The van der Waals surface area contributed by atoms with Gasteiger partial charge in [-0.1, -0.05) is 13.8 Å². The van der Waals surface area contributed by atoms with Crippen LogP contribution < -0.4 is 10.6 Å². The maximum absolute atomic E-state index is 13.8. The number of ether oxygens (including phenoxy) is 2. The predicted molar refractivity (Wildman–Crippen MR) is 119 cm³/mol. The summed E-state index contributed by atoms with van der Waals surface area (Å²) < 4.78 is 11.7. The number of likely N-dealkylation sites (tertiary alicyclic amines) is 1. The average Bonchev–Trinajstić information content (AvgIpc) is 3.45. The van der Waals surface area contributed by atoms with E-state index in [4.69, 9.17) is 9.47 Å². The van der Waals surface area contributed by atoms with Crippen molar-refractivity contribution in [3.05, 3.63) is 0 Å². The van der Waals surface area contributed by atoms with E-state index in [0.717, 1.165) is 13.1 Å². The van der Waals surface area contributed by atoms with Gasteiger partial charge in [-0.15, -0.1) is 0 Å². The van der Waals surface area contributed by atoms with Crippen LogP contribution in [0.3, 0.4) is 0 Å². The van der Waals surface area contributed by atoms with E-state index < -0.39 is 29.5 Å². The third-order valence-corrected chi connectivity index (χ3v) is 7.71. The molecule has 4 rings (SSSR count). The van der Waals surface area contributed by atoms with Crippen molar-refractivity contribution in [1.82, 2.24) is 20.4 Å². The first-order valence-corrected chi connectivity index (χ1v) is 12.2. The van der Waals surface area contributed by atoms with Gasteiger partial charge in [-0.3, -0.25) is 19.3 Å². The highest BCUT2D eigenvalue weighted by Crippen LogP contribution is 2.58. The second-order valence-electron chi connectivity index (χ2n) is 10.1. The molecule has 33 heavy (non-hydrogen) atoms. The number of carbonyl (C=O) groups excluding carboxylic acids is 3. The van der Waals surface area contributed by atoms with Crippen LogP contribution in [0.5, 0.6) is 0 Å². The molecule has 4 aliphatic heterocycles. The van der Waals surface area contributed by atoms with E-state index in [0.29, 0.717) is 45.6 Å². The largest absolute Gasteiger partial charge is 0.394 e. The molecule has 0 radical (unpaired) electrons. The predicted octanol–water partition coefficient (Wildman–Crippen LogP) is -1.04. The summed E-state index contributed by atoms with van der Waals surface area (Å²) in [5, 5.41) is 15.9. The number of hydrogen-bond acceptors (Lipinski definition) is 7. The summed E-state index contributed by atoms with van der Waals surface area (Å²) >= 11 is 0. The number of aliphatic hydroxyl groups is 1. The van der Waals surface area contributed by atoms with Crippen molar-refractivity contribution in [3.8, 4) is 0 Å². The number of hydrogen-bond donors (Lipinski definition) is 3. The Balaban J connectivity index is 1.58. The minimum absolute atomic E-state index is 0.224. The van der Waals surface area contributed by atoms with Crippen LogP contribution in [-0.4, -0.2) is 109 Å². The number of morpholine rings is 1. The summed E-state index contributed by atoms with van der Waals surface area (Å²) in [5.74, 6) is -1.82. The van der Waals surface area contributed by atoms with Crippen LogP contribution in [0.1, 0.15) is 33.1 Å². The molecule has 0 aromatic heterocycles. The summed E-state index contributed by atoms with van der Waals surface area (Å²) in [6.45, 7) is 7.99. The SMILES string of the molecule is CNC(=O)[C@@H]1[C@H]2C(=O)N([C@@H](CO)CC(C)C)C(C(=O)NCCN3CCOCC3)C23CC[C@H]1O3. The normalized spacial score (nSPS) is 34.6. The fourth-order valence-corrected chi connectivity index (χ4v) is 6.33. The minimum Gasteiger partial charge on any atom is -0.394 e. The summed E-state index contributed by atoms with van der Waals surface area (Å²) in [4.78, 5) is 43.9. The first-order valence-electron chi connectivity index (χ1n) is 12.2. The van der Waals surface area contributed by atoms with E-state index in [1.165, 1.54) is 0 Å². The summed E-state index contributed by atoms with van der Waals surface area (Å²) in [6.07, 6.45) is 1.40. The van der Waals surface area contributed by atoms with Crippen LogP contribution in [0.2, 0.25) is 0 Å². The van der Waals surface area contributed by atoms with E-state index in [9.17, 15) is 19.5 Å². The lowest BCUT2D eigenvalue weighted by Crippen LogP contribution is -2.58. The highest BCUT2D eigenvalue weighted by Gasteiger charge is 2.74. The quantitative estimate of drug-likeness (QED) is 0.397. The number of carbonyl (C=O) groups is 3. The molecule has 0 saturated carbocycles. The van der Waals surface area contributed by atoms with Gasteiger partial charge in [0.2, 0.25) is 17.7 Å². The second kappa shape index (κ2) is 9.85. The average molecular weight is 467 g/mol. The standard InChI is InChI=1S/C23H38N4O6/c1-14(2)12-15(13-28)27-19(21(30)25-6-7-26-8-10-32-11-9-26)23-5-4-16(33-23)17(20(29)24-3)18(23)22(27)31/h14-19,28H,4-13H2,1-3H3,(H,24,29)(H,25,30)/t15-,16-,17+,18+,19?,23?/m1/s1. The zero-order valence-electron chi connectivity index (χ0n) is 19.9. The number of nitrogens with zero attached hydrogens (tertiary/aromatic N) is 2. The van der Waals surface area contributed by atoms with Crippen LogP contribution in [0.25, 0.3) is 0 Å². The number of amides is 3. The van der Waals surface area contributed by atoms with Gasteiger partial charge >= 0.3 is 0 Å². The number of nitrogens with one attached hydrogen (secondary N) is 2. The van der Waals surface area contributed by atoms with Crippen molar-refractivity contribution in [2.45, 2.75) is 56.9 Å². The lowest BCUT2D eigenvalue weighted by molar-refractivity contribution is -0.146. The topological polar surface area (TPSA) is 120 Å². The fourth-order valence-electron chi connectivity index (χ4n) is 6.33. The Hall–Kier alpha value is -1.75. The molecule has 186 valence electrons. The van der Waals surface area contributed by atoms with Crippen molar-refractivity contribution in [2.75, 3.05) is 53.0 Å². The first-order chi connectivity index (χ1) is 15.8. The lowest BCUT2D eigenvalue weighted by atomic mass is 9.70. The van der Waals surface area contributed by atoms with Gasteiger partial charge in [0, 0.05) is 33.2 Å². The maximum Gasteiger partial charge on any atom is 0.245 e. The molecule has 3 N–H and O–H groups in total. The van der Waals surface area contributed by atoms with Gasteiger partial charge in [-0.25, -0.2) is 0 Å². The first kappa shape index (κ1) is 24.4. The van der Waals surface area contributed by atoms with Gasteiger partial charge in [-0.2, -0.15) is 0 Å². The van der Waals surface area contributed by atoms with Gasteiger partial charge < -0.3 is 30.1 Å². The van der Waals surface area contributed by atoms with Crippen LogP contribution in [0.15, 0.2) is 0 Å². The molecule has 2 bridgehead atoms. The molecular weight excluding hydrogens is 428 g/mol. The second-order valence-corrected chi connectivity index (χ2v) is 10.1. The molecule has 4 heterocycles. The van der Waals surface area contributed by atoms with Gasteiger partial charge in [0.05, 0.1) is 43.8 Å². The van der Waals surface area contributed by atoms with Crippen molar-refractivity contribution < 1.29 is 29.0 Å². The van der Waals surface area contributed by atoms with Gasteiger partial charge in [0.1, 0.15) is 11.6 Å². The maximum atomic E-state index is 13.8. The Bertz CT molecular complexity index is 757. The minimum atomic E-state index is -1.02. The van der Waals surface area contributed by atoms with Gasteiger partial charge in [-0.05, 0) is 25.2 Å². The molecule has 10 nitrogen and oxygen atoms in total. The summed E-state index contributed by atoms with van der Waals surface area (Å²) in [7, 11) is 1.56. The molecule has 6 atom stereocenters. The van der Waals surface area contributed by atoms with Crippen molar-refractivity contribution in [1.29, 1.82) is 0 Å². The number of fused-ring (bicyclic) bond motifs is 1. The van der Waals surface area contributed by atoms with Crippen LogP contribution in [-0.2, 0) is 23.9 Å². The molecule has 0 aromatic rings. The van der Waals surface area contributed by atoms with Crippen LogP contribution in [0.4, 0.5) is 0 Å². The van der Waals surface area contributed by atoms with E-state index in [-0.39, 0.29) is 36.4 Å². The number of aliphatic hydroxyl groups excluding tert-OH is 1. The fraction of sp³-hybridized carbons (Fsp3) is 0.870. The molecule has 0 aliphatic carbocycles. The number of rotatable bonds is 9. The lowest BCUT2D eigenvalue weighted by Gasteiger charge is -2.37. The molecule has 4 saturated heterocycles. The Morgan fingerprint density at radius 3 is 2.61 bits per heavy atom. The van der Waals surface area contributed by atoms with Crippen molar-refractivity contribution in [2.24, 2.45) is 17.8 Å².